The molecule has 2 aliphatic rings. The minimum Gasteiger partial charge on any atom is -0.352 e. The van der Waals surface area contributed by atoms with Crippen LogP contribution >= 0.6 is 0 Å². The van der Waals surface area contributed by atoms with Crippen molar-refractivity contribution in [2.75, 3.05) is 44.2 Å². The number of benzene rings is 1. The molecule has 35 heavy (non-hydrogen) atoms. The Morgan fingerprint density at radius 3 is 2.57 bits per heavy atom. The molecule has 3 heterocycles. The highest BCUT2D eigenvalue weighted by Gasteiger charge is 2.22. The molecular weight excluding hydrogens is 438 g/mol. The number of rotatable bonds is 6. The first-order valence-corrected chi connectivity index (χ1v) is 13.3. The van der Waals surface area contributed by atoms with Crippen LogP contribution in [0.4, 0.5) is 5.69 Å². The molecule has 1 fully saturated rings. The summed E-state index contributed by atoms with van der Waals surface area (Å²) in [6, 6.07) is 9.35. The van der Waals surface area contributed by atoms with Crippen molar-refractivity contribution >= 4 is 17.5 Å². The summed E-state index contributed by atoms with van der Waals surface area (Å²) in [4.78, 5) is 34.8. The van der Waals surface area contributed by atoms with Crippen molar-refractivity contribution in [3.63, 3.8) is 0 Å². The zero-order valence-electron chi connectivity index (χ0n) is 20.8. The lowest BCUT2D eigenvalue weighted by molar-refractivity contribution is 0.0951. The largest absolute Gasteiger partial charge is 0.352 e. The molecule has 0 atom stereocenters. The lowest BCUT2D eigenvalue weighted by atomic mass is 10.0. The number of nitrogens with one attached hydrogen (secondary N) is 2. The maximum atomic E-state index is 13.5. The van der Waals surface area contributed by atoms with E-state index in [0.29, 0.717) is 30.8 Å². The van der Waals surface area contributed by atoms with Gasteiger partial charge in [0.1, 0.15) is 0 Å². The van der Waals surface area contributed by atoms with E-state index in [1.54, 1.807) is 18.5 Å². The number of anilines is 1. The van der Waals surface area contributed by atoms with Crippen LogP contribution in [0.25, 0.3) is 0 Å². The summed E-state index contributed by atoms with van der Waals surface area (Å²) in [7, 11) is 0. The van der Waals surface area contributed by atoms with Crippen LogP contribution < -0.4 is 15.5 Å². The third-order valence-corrected chi connectivity index (χ3v) is 6.97. The number of fused-ring (bicyclic) bond motifs is 1. The molecule has 0 spiro atoms. The molecule has 1 aromatic carbocycles. The Balaban J connectivity index is 1.50. The van der Waals surface area contributed by atoms with Gasteiger partial charge in [-0.1, -0.05) is 19.3 Å². The number of carbonyl (C=O) groups excluding carboxylic acids is 2. The van der Waals surface area contributed by atoms with E-state index in [0.717, 1.165) is 50.0 Å². The van der Waals surface area contributed by atoms with Gasteiger partial charge in [-0.3, -0.25) is 14.6 Å². The van der Waals surface area contributed by atoms with E-state index >= 15 is 0 Å². The first-order chi connectivity index (χ1) is 17.2. The Kier molecular flexibility index (Phi) is 9.66. The molecule has 1 saturated heterocycles. The lowest BCUT2D eigenvalue weighted by Gasteiger charge is -2.26. The van der Waals surface area contributed by atoms with Crippen LogP contribution in [0.5, 0.6) is 0 Å². The first-order valence-electron chi connectivity index (χ1n) is 13.3. The van der Waals surface area contributed by atoms with E-state index in [2.05, 4.69) is 20.5 Å². The topological polar surface area (TPSA) is 77.6 Å². The summed E-state index contributed by atoms with van der Waals surface area (Å²) >= 11 is 0. The fourth-order valence-corrected chi connectivity index (χ4v) is 4.99. The molecule has 0 aliphatic carbocycles. The maximum Gasteiger partial charge on any atom is 0.259 e. The van der Waals surface area contributed by atoms with E-state index in [4.69, 9.17) is 0 Å². The highest BCUT2D eigenvalue weighted by molar-refractivity contribution is 6.06. The van der Waals surface area contributed by atoms with Gasteiger partial charge >= 0.3 is 0 Å². The average Bonchev–Trinajstić information content (AvgIpc) is 3.41. The van der Waals surface area contributed by atoms with Crippen molar-refractivity contribution in [3.05, 3.63) is 59.4 Å². The van der Waals surface area contributed by atoms with Crippen LogP contribution in [-0.4, -0.2) is 61.0 Å². The molecule has 2 aromatic rings. The zero-order valence-corrected chi connectivity index (χ0v) is 20.8. The Bertz CT molecular complexity index is 959. The number of amides is 2. The molecular formula is C28H39N5O2. The molecule has 7 nitrogen and oxygen atoms in total. The van der Waals surface area contributed by atoms with Crippen LogP contribution in [0.1, 0.15) is 77.6 Å². The van der Waals surface area contributed by atoms with Crippen LogP contribution in [0.3, 0.4) is 0 Å². The number of hydrogen-bond acceptors (Lipinski definition) is 5. The van der Waals surface area contributed by atoms with Gasteiger partial charge in [-0.25, -0.2) is 0 Å². The molecule has 2 amide bonds. The normalized spacial score (nSPS) is 17.8. The Morgan fingerprint density at radius 1 is 0.943 bits per heavy atom. The van der Waals surface area contributed by atoms with Crippen molar-refractivity contribution in [3.8, 4) is 0 Å². The number of hydrogen-bond donors (Lipinski definition) is 2. The average molecular weight is 478 g/mol. The summed E-state index contributed by atoms with van der Waals surface area (Å²) in [5, 5.41) is 6.60. The summed E-state index contributed by atoms with van der Waals surface area (Å²) in [6.45, 7) is 6.30. The third kappa shape index (κ3) is 7.36. The zero-order chi connectivity index (χ0) is 24.3. The van der Waals surface area contributed by atoms with Gasteiger partial charge in [0.2, 0.25) is 0 Å². The van der Waals surface area contributed by atoms with Crippen molar-refractivity contribution in [1.29, 1.82) is 0 Å². The van der Waals surface area contributed by atoms with E-state index in [1.807, 2.05) is 29.2 Å². The predicted molar refractivity (Wildman–Crippen MR) is 140 cm³/mol. The van der Waals surface area contributed by atoms with Crippen molar-refractivity contribution in [2.24, 2.45) is 0 Å². The van der Waals surface area contributed by atoms with Gasteiger partial charge in [0, 0.05) is 43.3 Å². The van der Waals surface area contributed by atoms with E-state index in [9.17, 15) is 9.59 Å². The Labute approximate surface area is 209 Å². The lowest BCUT2D eigenvalue weighted by Crippen LogP contribution is -2.34. The fourth-order valence-electron chi connectivity index (χ4n) is 4.99. The van der Waals surface area contributed by atoms with Crippen LogP contribution in [0, 0.1) is 0 Å². The molecule has 188 valence electrons. The molecule has 0 bridgehead atoms. The van der Waals surface area contributed by atoms with Crippen LogP contribution in [0.15, 0.2) is 42.7 Å². The van der Waals surface area contributed by atoms with Crippen molar-refractivity contribution < 1.29 is 9.59 Å². The highest BCUT2D eigenvalue weighted by Crippen LogP contribution is 2.26. The van der Waals surface area contributed by atoms with Crippen molar-refractivity contribution in [1.82, 2.24) is 20.5 Å². The number of aromatic nitrogens is 1. The highest BCUT2D eigenvalue weighted by atomic mass is 16.2. The molecule has 2 aliphatic heterocycles. The molecule has 0 unspecified atom stereocenters. The summed E-state index contributed by atoms with van der Waals surface area (Å²) in [5.74, 6) is -0.0963. The Morgan fingerprint density at radius 2 is 1.74 bits per heavy atom. The van der Waals surface area contributed by atoms with Gasteiger partial charge in [0.25, 0.3) is 11.8 Å². The second kappa shape index (κ2) is 13.4. The number of nitrogens with zero attached hydrogens (tertiary/aromatic N) is 3. The second-order valence-electron chi connectivity index (χ2n) is 9.64. The van der Waals surface area contributed by atoms with E-state index in [1.165, 1.54) is 38.8 Å². The van der Waals surface area contributed by atoms with Gasteiger partial charge in [0.15, 0.2) is 0 Å². The summed E-state index contributed by atoms with van der Waals surface area (Å²) in [5.41, 5.74) is 3.08. The molecule has 7 heteroatoms. The van der Waals surface area contributed by atoms with Gasteiger partial charge in [-0.2, -0.15) is 0 Å². The summed E-state index contributed by atoms with van der Waals surface area (Å²) in [6.07, 6.45) is 12.4. The monoisotopic (exact) mass is 477 g/mol. The standard InChI is InChI=1S/C28H39N5O2/c34-27(31-15-9-18-32-16-6-7-17-32)23-11-12-26-25(20-23)22-29-13-4-2-1-3-5-19-33(26)28(35)24-10-8-14-30-21-24/h8,10-12,14,20-21,29H,1-7,9,13,15-19,22H2,(H,31,34). The van der Waals surface area contributed by atoms with Crippen LogP contribution in [-0.2, 0) is 6.54 Å². The fraction of sp³-hybridized carbons (Fsp3) is 0.536. The summed E-state index contributed by atoms with van der Waals surface area (Å²) < 4.78 is 0. The van der Waals surface area contributed by atoms with Crippen LogP contribution in [0.2, 0.25) is 0 Å². The number of likely N-dealkylation sites (tertiary alicyclic amines) is 1. The SMILES string of the molecule is O=C(NCCCN1CCCC1)c1ccc2c(c1)CNCCCCCCCN2C(=O)c1cccnc1. The quantitative estimate of drug-likeness (QED) is 0.615. The van der Waals surface area contributed by atoms with Gasteiger partial charge < -0.3 is 20.4 Å². The molecule has 4 rings (SSSR count). The van der Waals surface area contributed by atoms with E-state index < -0.39 is 0 Å². The molecule has 2 N–H and O–H groups in total. The minimum absolute atomic E-state index is 0.0458. The third-order valence-electron chi connectivity index (χ3n) is 6.97. The van der Waals surface area contributed by atoms with Crippen molar-refractivity contribution in [2.45, 2.75) is 57.9 Å². The minimum atomic E-state index is -0.0505. The molecule has 1 aromatic heterocycles. The molecule has 0 saturated carbocycles. The maximum absolute atomic E-state index is 13.5. The predicted octanol–water partition coefficient (Wildman–Crippen LogP) is 4.00. The molecule has 0 radical (unpaired) electrons. The smallest absolute Gasteiger partial charge is 0.259 e. The second-order valence-corrected chi connectivity index (χ2v) is 9.64. The first kappa shape index (κ1) is 25.3. The van der Waals surface area contributed by atoms with E-state index in [-0.39, 0.29) is 11.8 Å². The number of carbonyl (C=O) groups is 2. The Hall–Kier alpha value is -2.77. The number of pyridine rings is 1. The van der Waals surface area contributed by atoms with Gasteiger partial charge in [-0.05, 0) is 94.2 Å². The van der Waals surface area contributed by atoms with Gasteiger partial charge in [0.05, 0.1) is 5.56 Å². The van der Waals surface area contributed by atoms with Gasteiger partial charge in [-0.15, -0.1) is 0 Å².